The molecule has 2 saturated carbocycles. The molecule has 0 aromatic heterocycles. The van der Waals surface area contributed by atoms with Gasteiger partial charge in [0, 0.05) is 30.8 Å². The highest BCUT2D eigenvalue weighted by atomic mass is 16.3. The zero-order valence-electron chi connectivity index (χ0n) is 13.5. The van der Waals surface area contributed by atoms with Gasteiger partial charge in [-0.1, -0.05) is 12.8 Å². The number of nitrogens with zero attached hydrogens (tertiary/aromatic N) is 1. The molecular formula is C18H24N2O3. The standard InChI is InChI=1S/C18H24N2O3/c1-20(12-18(23)10-2-3-11-18)17(22)14-6-8-15(9-7-14)19-16(21)13-4-5-13/h6-9,13,23H,2-5,10-12H2,1H3,(H,19,21). The number of benzene rings is 1. The Morgan fingerprint density at radius 3 is 2.39 bits per heavy atom. The van der Waals surface area contributed by atoms with Gasteiger partial charge in [-0.15, -0.1) is 0 Å². The number of likely N-dealkylation sites (N-methyl/N-ethyl adjacent to an activating group) is 1. The lowest BCUT2D eigenvalue weighted by Gasteiger charge is -2.28. The maximum atomic E-state index is 12.5. The van der Waals surface area contributed by atoms with Crippen LogP contribution in [0.15, 0.2) is 24.3 Å². The van der Waals surface area contributed by atoms with E-state index in [1.54, 1.807) is 36.2 Å². The van der Waals surface area contributed by atoms with Gasteiger partial charge in [0.2, 0.25) is 5.91 Å². The monoisotopic (exact) mass is 316 g/mol. The summed E-state index contributed by atoms with van der Waals surface area (Å²) >= 11 is 0. The van der Waals surface area contributed by atoms with Gasteiger partial charge in [-0.25, -0.2) is 0 Å². The Labute approximate surface area is 136 Å². The minimum absolute atomic E-state index is 0.0599. The van der Waals surface area contributed by atoms with Crippen molar-refractivity contribution in [1.29, 1.82) is 0 Å². The smallest absolute Gasteiger partial charge is 0.253 e. The summed E-state index contributed by atoms with van der Waals surface area (Å²) in [5, 5.41) is 13.3. The van der Waals surface area contributed by atoms with Gasteiger partial charge in [-0.2, -0.15) is 0 Å². The highest BCUT2D eigenvalue weighted by Crippen LogP contribution is 2.31. The third kappa shape index (κ3) is 3.91. The number of anilines is 1. The summed E-state index contributed by atoms with van der Waals surface area (Å²) in [5.41, 5.74) is 0.553. The molecule has 0 bridgehead atoms. The summed E-state index contributed by atoms with van der Waals surface area (Å²) in [6.45, 7) is 0.367. The van der Waals surface area contributed by atoms with E-state index >= 15 is 0 Å². The Bertz CT molecular complexity index is 587. The van der Waals surface area contributed by atoms with E-state index in [0.717, 1.165) is 44.2 Å². The van der Waals surface area contributed by atoms with Crippen LogP contribution in [0.25, 0.3) is 0 Å². The number of amides is 2. The van der Waals surface area contributed by atoms with Gasteiger partial charge in [0.1, 0.15) is 0 Å². The Morgan fingerprint density at radius 2 is 1.83 bits per heavy atom. The van der Waals surface area contributed by atoms with Crippen molar-refractivity contribution in [3.8, 4) is 0 Å². The zero-order valence-corrected chi connectivity index (χ0v) is 13.5. The van der Waals surface area contributed by atoms with Crippen LogP contribution in [-0.2, 0) is 4.79 Å². The van der Waals surface area contributed by atoms with Gasteiger partial charge in [0.15, 0.2) is 0 Å². The van der Waals surface area contributed by atoms with Crippen LogP contribution in [0.1, 0.15) is 48.9 Å². The van der Waals surface area contributed by atoms with E-state index in [-0.39, 0.29) is 17.7 Å². The molecule has 2 aliphatic rings. The fourth-order valence-electron chi connectivity index (χ4n) is 3.21. The van der Waals surface area contributed by atoms with Gasteiger partial charge in [0.05, 0.1) is 5.60 Å². The topological polar surface area (TPSA) is 69.6 Å². The maximum Gasteiger partial charge on any atom is 0.253 e. The van der Waals surface area contributed by atoms with Crippen LogP contribution in [0.4, 0.5) is 5.69 Å². The minimum atomic E-state index is -0.734. The summed E-state index contributed by atoms with van der Waals surface area (Å²) < 4.78 is 0. The van der Waals surface area contributed by atoms with Crippen molar-refractivity contribution in [1.82, 2.24) is 4.90 Å². The molecule has 1 aromatic rings. The summed E-state index contributed by atoms with van der Waals surface area (Å²) in [7, 11) is 1.72. The SMILES string of the molecule is CN(CC1(O)CCCC1)C(=O)c1ccc(NC(=O)C2CC2)cc1. The first-order chi connectivity index (χ1) is 11.0. The summed E-state index contributed by atoms with van der Waals surface area (Å²) in [6, 6.07) is 6.96. The Hall–Kier alpha value is -1.88. The molecular weight excluding hydrogens is 292 g/mol. The van der Waals surface area contributed by atoms with Gasteiger partial charge in [-0.05, 0) is 49.9 Å². The first-order valence-corrected chi connectivity index (χ1v) is 8.36. The van der Waals surface area contributed by atoms with Crippen molar-refractivity contribution in [3.05, 3.63) is 29.8 Å². The number of carbonyl (C=O) groups excluding carboxylic acids is 2. The van der Waals surface area contributed by atoms with Crippen LogP contribution in [0, 0.1) is 5.92 Å². The van der Waals surface area contributed by atoms with Crippen LogP contribution in [0.2, 0.25) is 0 Å². The largest absolute Gasteiger partial charge is 0.388 e. The second kappa shape index (κ2) is 6.32. The molecule has 2 aliphatic carbocycles. The number of aliphatic hydroxyl groups is 1. The number of hydrogen-bond acceptors (Lipinski definition) is 3. The summed E-state index contributed by atoms with van der Waals surface area (Å²) in [5.74, 6) is 0.115. The van der Waals surface area contributed by atoms with Crippen LogP contribution < -0.4 is 5.32 Å². The molecule has 0 heterocycles. The summed E-state index contributed by atoms with van der Waals surface area (Å²) in [4.78, 5) is 25.8. The van der Waals surface area contributed by atoms with Gasteiger partial charge in [0.25, 0.3) is 5.91 Å². The molecule has 0 spiro atoms. The molecule has 2 N–H and O–H groups in total. The Kier molecular flexibility index (Phi) is 4.39. The fraction of sp³-hybridized carbons (Fsp3) is 0.556. The second-order valence-electron chi connectivity index (χ2n) is 6.93. The van der Waals surface area contributed by atoms with E-state index in [1.807, 2.05) is 0 Å². The number of rotatable bonds is 5. The molecule has 0 unspecified atom stereocenters. The average Bonchev–Trinajstić information content (AvgIpc) is 3.30. The predicted octanol–water partition coefficient (Wildman–Crippen LogP) is 2.41. The van der Waals surface area contributed by atoms with Gasteiger partial charge >= 0.3 is 0 Å². The van der Waals surface area contributed by atoms with E-state index in [9.17, 15) is 14.7 Å². The van der Waals surface area contributed by atoms with E-state index in [1.165, 1.54) is 0 Å². The third-order valence-electron chi connectivity index (χ3n) is 4.76. The lowest BCUT2D eigenvalue weighted by atomic mass is 10.0. The number of nitrogens with one attached hydrogen (secondary N) is 1. The first-order valence-electron chi connectivity index (χ1n) is 8.36. The molecule has 3 rings (SSSR count). The normalized spacial score (nSPS) is 19.4. The van der Waals surface area contributed by atoms with E-state index in [4.69, 9.17) is 0 Å². The molecule has 0 saturated heterocycles. The first kappa shape index (κ1) is 16.0. The molecule has 124 valence electrons. The number of hydrogen-bond donors (Lipinski definition) is 2. The van der Waals surface area contributed by atoms with E-state index in [0.29, 0.717) is 12.1 Å². The molecule has 5 nitrogen and oxygen atoms in total. The van der Waals surface area contributed by atoms with E-state index in [2.05, 4.69) is 5.32 Å². The van der Waals surface area contributed by atoms with Crippen molar-refractivity contribution in [3.63, 3.8) is 0 Å². The summed E-state index contributed by atoms with van der Waals surface area (Å²) in [6.07, 6.45) is 5.50. The molecule has 1 aromatic carbocycles. The highest BCUT2D eigenvalue weighted by molar-refractivity contribution is 5.96. The van der Waals surface area contributed by atoms with Crippen molar-refractivity contribution in [2.45, 2.75) is 44.1 Å². The van der Waals surface area contributed by atoms with E-state index < -0.39 is 5.60 Å². The molecule has 23 heavy (non-hydrogen) atoms. The fourth-order valence-corrected chi connectivity index (χ4v) is 3.21. The van der Waals surface area contributed by atoms with Crippen molar-refractivity contribution in [2.75, 3.05) is 18.9 Å². The quantitative estimate of drug-likeness (QED) is 0.876. The van der Waals surface area contributed by atoms with Gasteiger partial charge < -0.3 is 15.3 Å². The highest BCUT2D eigenvalue weighted by Gasteiger charge is 2.33. The molecule has 5 heteroatoms. The van der Waals surface area contributed by atoms with Gasteiger partial charge in [-0.3, -0.25) is 9.59 Å². The van der Waals surface area contributed by atoms with Crippen molar-refractivity contribution in [2.24, 2.45) is 5.92 Å². The molecule has 0 atom stereocenters. The molecule has 0 aliphatic heterocycles. The molecule has 2 fully saturated rings. The Morgan fingerprint density at radius 1 is 1.22 bits per heavy atom. The van der Waals surface area contributed by atoms with Crippen LogP contribution in [0.5, 0.6) is 0 Å². The minimum Gasteiger partial charge on any atom is -0.388 e. The second-order valence-corrected chi connectivity index (χ2v) is 6.93. The van der Waals surface area contributed by atoms with Crippen molar-refractivity contribution >= 4 is 17.5 Å². The average molecular weight is 316 g/mol. The Balaban J connectivity index is 1.59. The predicted molar refractivity (Wildman–Crippen MR) is 88.2 cm³/mol. The third-order valence-corrected chi connectivity index (χ3v) is 4.76. The van der Waals surface area contributed by atoms with Crippen LogP contribution >= 0.6 is 0 Å². The van der Waals surface area contributed by atoms with Crippen LogP contribution in [-0.4, -0.2) is 41.0 Å². The van der Waals surface area contributed by atoms with Crippen molar-refractivity contribution < 1.29 is 14.7 Å². The maximum absolute atomic E-state index is 12.5. The lowest BCUT2D eigenvalue weighted by Crippen LogP contribution is -2.42. The lowest BCUT2D eigenvalue weighted by molar-refractivity contribution is -0.117. The zero-order chi connectivity index (χ0) is 16.4. The molecule has 0 radical (unpaired) electrons. The molecule has 2 amide bonds. The van der Waals surface area contributed by atoms with Crippen LogP contribution in [0.3, 0.4) is 0 Å². The number of carbonyl (C=O) groups is 2.